The number of anilines is 2. The molecule has 3 N–H and O–H groups in total. The van der Waals surface area contributed by atoms with Crippen molar-refractivity contribution in [1.29, 1.82) is 0 Å². The molecule has 5 nitrogen and oxygen atoms in total. The van der Waals surface area contributed by atoms with Crippen molar-refractivity contribution in [3.05, 3.63) is 59.3 Å². The van der Waals surface area contributed by atoms with Gasteiger partial charge in [-0.25, -0.2) is 4.79 Å². The summed E-state index contributed by atoms with van der Waals surface area (Å²) in [5.74, 6) is -0.587. The molecule has 0 spiro atoms. The summed E-state index contributed by atoms with van der Waals surface area (Å²) in [5, 5.41) is 3.11. The van der Waals surface area contributed by atoms with Crippen molar-refractivity contribution < 1.29 is 14.3 Å². The van der Waals surface area contributed by atoms with Crippen LogP contribution in [0.3, 0.4) is 0 Å². The van der Waals surface area contributed by atoms with Gasteiger partial charge in [-0.05, 0) is 42.3 Å². The van der Waals surface area contributed by atoms with E-state index in [1.807, 2.05) is 55.5 Å². The lowest BCUT2D eigenvalue weighted by molar-refractivity contribution is -0.158. The summed E-state index contributed by atoms with van der Waals surface area (Å²) in [5.41, 5.74) is 9.76. The molecule has 0 fully saturated rings. The van der Waals surface area contributed by atoms with Crippen LogP contribution in [0.5, 0.6) is 0 Å². The van der Waals surface area contributed by atoms with E-state index in [9.17, 15) is 4.79 Å². The van der Waals surface area contributed by atoms with Crippen molar-refractivity contribution >= 4 is 28.9 Å². The smallest absolute Gasteiger partial charge is 0.354 e. The summed E-state index contributed by atoms with van der Waals surface area (Å²) in [6, 6.07) is 15.4. The molecule has 3 rings (SSSR count). The van der Waals surface area contributed by atoms with Crippen LogP contribution >= 0.6 is 11.6 Å². The highest BCUT2D eigenvalue weighted by Gasteiger charge is 2.34. The molecular weight excluding hydrogens is 328 g/mol. The van der Waals surface area contributed by atoms with Crippen molar-refractivity contribution in [3.63, 3.8) is 0 Å². The first kappa shape index (κ1) is 16.4. The molecule has 1 aliphatic rings. The summed E-state index contributed by atoms with van der Waals surface area (Å²) < 4.78 is 10.4. The van der Waals surface area contributed by atoms with E-state index in [1.165, 1.54) is 0 Å². The summed E-state index contributed by atoms with van der Waals surface area (Å²) in [4.78, 5) is 11.6. The molecule has 6 heteroatoms. The Morgan fingerprint density at radius 2 is 1.71 bits per heavy atom. The van der Waals surface area contributed by atoms with E-state index in [0.29, 0.717) is 12.3 Å². The zero-order chi connectivity index (χ0) is 17.1. The molecule has 124 valence electrons. The van der Waals surface area contributed by atoms with Gasteiger partial charge in [0, 0.05) is 18.0 Å². The molecule has 0 aromatic heterocycles. The zero-order valence-corrected chi connectivity index (χ0v) is 13.8. The number of carbonyl (C=O) groups is 1. The Morgan fingerprint density at radius 1 is 1.12 bits per heavy atom. The topological polar surface area (TPSA) is 73.6 Å². The van der Waals surface area contributed by atoms with Gasteiger partial charge in [-0.15, -0.1) is 0 Å². The number of benzene rings is 2. The van der Waals surface area contributed by atoms with Crippen molar-refractivity contribution in [2.45, 2.75) is 13.2 Å². The molecule has 24 heavy (non-hydrogen) atoms. The van der Waals surface area contributed by atoms with Crippen molar-refractivity contribution in [3.8, 4) is 11.1 Å². The number of hydrogen-bond donors (Lipinski definition) is 2. The largest absolute Gasteiger partial charge is 0.425 e. The van der Waals surface area contributed by atoms with Gasteiger partial charge in [0.2, 0.25) is 6.29 Å². The van der Waals surface area contributed by atoms with Crippen LogP contribution in [-0.4, -0.2) is 18.9 Å². The number of esters is 1. The van der Waals surface area contributed by atoms with Gasteiger partial charge in [-0.3, -0.25) is 0 Å². The van der Waals surface area contributed by atoms with Crippen LogP contribution in [0, 0.1) is 0 Å². The number of carbonyl (C=O) groups excluding carboxylic acids is 1. The number of nitrogens with two attached hydrogens (primary N) is 1. The lowest BCUT2D eigenvalue weighted by atomic mass is 10.1. The van der Waals surface area contributed by atoms with Gasteiger partial charge in [-0.2, -0.15) is 0 Å². The molecule has 0 bridgehead atoms. The minimum absolute atomic E-state index is 0.0102. The molecule has 0 radical (unpaired) electrons. The first-order valence-corrected chi connectivity index (χ1v) is 7.91. The Kier molecular flexibility index (Phi) is 4.74. The fraction of sp³-hybridized carbons (Fsp3) is 0.167. The van der Waals surface area contributed by atoms with E-state index in [0.717, 1.165) is 22.5 Å². The third-order valence-corrected chi connectivity index (χ3v) is 3.95. The van der Waals surface area contributed by atoms with E-state index in [2.05, 4.69) is 5.32 Å². The molecule has 2 aromatic carbocycles. The van der Waals surface area contributed by atoms with Crippen LogP contribution in [0.15, 0.2) is 59.3 Å². The zero-order valence-electron chi connectivity index (χ0n) is 13.1. The summed E-state index contributed by atoms with van der Waals surface area (Å²) in [6.07, 6.45) is -0.799. The Morgan fingerprint density at radius 3 is 2.29 bits per heavy atom. The number of nitrogens with one attached hydrogen (secondary N) is 1. The van der Waals surface area contributed by atoms with Crippen molar-refractivity contribution in [2.24, 2.45) is 0 Å². The number of halogens is 1. The van der Waals surface area contributed by atoms with Gasteiger partial charge < -0.3 is 20.5 Å². The minimum atomic E-state index is -0.799. The molecule has 1 aliphatic heterocycles. The van der Waals surface area contributed by atoms with Crippen LogP contribution in [-0.2, 0) is 14.3 Å². The Labute approximate surface area is 145 Å². The summed E-state index contributed by atoms with van der Waals surface area (Å²) in [6.45, 7) is 2.22. The second-order valence-electron chi connectivity index (χ2n) is 5.24. The molecule has 1 heterocycles. The Bertz CT molecular complexity index is 770. The van der Waals surface area contributed by atoms with Crippen LogP contribution in [0.1, 0.15) is 6.92 Å². The first-order valence-electron chi connectivity index (χ1n) is 7.53. The fourth-order valence-electron chi connectivity index (χ4n) is 2.38. The maximum absolute atomic E-state index is 11.6. The van der Waals surface area contributed by atoms with Crippen LogP contribution < -0.4 is 11.1 Å². The third kappa shape index (κ3) is 3.37. The molecule has 0 aliphatic carbocycles. The number of hydrogen-bond acceptors (Lipinski definition) is 5. The van der Waals surface area contributed by atoms with E-state index in [4.69, 9.17) is 26.8 Å². The molecule has 1 atom stereocenters. The molecule has 0 saturated heterocycles. The van der Waals surface area contributed by atoms with Gasteiger partial charge in [0.15, 0.2) is 5.03 Å². The van der Waals surface area contributed by atoms with Gasteiger partial charge in [-0.1, -0.05) is 35.9 Å². The van der Waals surface area contributed by atoms with E-state index >= 15 is 0 Å². The molecule has 0 saturated carbocycles. The molecule has 0 amide bonds. The summed E-state index contributed by atoms with van der Waals surface area (Å²) in [7, 11) is 0. The van der Waals surface area contributed by atoms with Gasteiger partial charge in [0.05, 0.1) is 0 Å². The second-order valence-corrected chi connectivity index (χ2v) is 5.62. The maximum atomic E-state index is 11.6. The molecule has 1 unspecified atom stereocenters. The lowest BCUT2D eigenvalue weighted by Crippen LogP contribution is -2.20. The highest BCUT2D eigenvalue weighted by atomic mass is 35.5. The normalized spacial score (nSPS) is 17.1. The average Bonchev–Trinajstić information content (AvgIpc) is 2.84. The van der Waals surface area contributed by atoms with E-state index < -0.39 is 12.3 Å². The highest BCUT2D eigenvalue weighted by molar-refractivity contribution is 6.42. The summed E-state index contributed by atoms with van der Waals surface area (Å²) >= 11 is 6.00. The number of nitrogen functional groups attached to an aromatic ring is 1. The molecular formula is C18H17ClN2O3. The average molecular weight is 345 g/mol. The SMILES string of the molecule is CCOC1OC(=O)C(Cl)=C1Nc1ccc(-c2ccc(N)cc2)cc1. The van der Waals surface area contributed by atoms with Crippen LogP contribution in [0.2, 0.25) is 0 Å². The second kappa shape index (κ2) is 6.95. The first-order chi connectivity index (χ1) is 11.6. The van der Waals surface area contributed by atoms with Crippen LogP contribution in [0.25, 0.3) is 11.1 Å². The Hall–Kier alpha value is -2.50. The van der Waals surface area contributed by atoms with Crippen LogP contribution in [0.4, 0.5) is 11.4 Å². The number of rotatable bonds is 5. The predicted molar refractivity (Wildman–Crippen MR) is 94.3 cm³/mol. The minimum Gasteiger partial charge on any atom is -0.425 e. The highest BCUT2D eigenvalue weighted by Crippen LogP contribution is 2.29. The maximum Gasteiger partial charge on any atom is 0.354 e. The van der Waals surface area contributed by atoms with E-state index in [-0.39, 0.29) is 5.03 Å². The fourth-order valence-corrected chi connectivity index (χ4v) is 2.56. The monoisotopic (exact) mass is 344 g/mol. The van der Waals surface area contributed by atoms with Gasteiger partial charge in [0.25, 0.3) is 0 Å². The van der Waals surface area contributed by atoms with E-state index in [1.54, 1.807) is 0 Å². The van der Waals surface area contributed by atoms with Gasteiger partial charge in [0.1, 0.15) is 5.70 Å². The number of ether oxygens (including phenoxy) is 2. The lowest BCUT2D eigenvalue weighted by Gasteiger charge is -2.15. The van der Waals surface area contributed by atoms with Crippen molar-refractivity contribution in [2.75, 3.05) is 17.7 Å². The van der Waals surface area contributed by atoms with Crippen molar-refractivity contribution in [1.82, 2.24) is 0 Å². The standard InChI is InChI=1S/C18H17ClN2O3/c1-2-23-18-16(15(19)17(22)24-18)21-14-9-5-12(6-10-14)11-3-7-13(20)8-4-11/h3-10,18,21H,2,20H2,1H3. The quantitative estimate of drug-likeness (QED) is 0.639. The third-order valence-electron chi connectivity index (χ3n) is 3.59. The van der Waals surface area contributed by atoms with Gasteiger partial charge >= 0.3 is 5.97 Å². The Balaban J connectivity index is 1.78. The molecule has 2 aromatic rings. The predicted octanol–water partition coefficient (Wildman–Crippen LogP) is 3.72. The number of cyclic esters (lactones) is 1.